The molecule has 1 amide bonds. The number of nitrogens with one attached hydrogen (secondary N) is 2. The van der Waals surface area contributed by atoms with Crippen molar-refractivity contribution in [3.05, 3.63) is 95.1 Å². The zero-order valence-corrected chi connectivity index (χ0v) is 18.3. The fraction of sp³-hybridized carbons (Fsp3) is 0.115. The van der Waals surface area contributed by atoms with E-state index in [-0.39, 0.29) is 28.9 Å². The van der Waals surface area contributed by atoms with Crippen molar-refractivity contribution < 1.29 is 28.3 Å². The molecule has 7 nitrogen and oxygen atoms in total. The van der Waals surface area contributed by atoms with Crippen molar-refractivity contribution in [3.63, 3.8) is 0 Å². The van der Waals surface area contributed by atoms with Crippen molar-refractivity contribution in [3.8, 4) is 0 Å². The second kappa shape index (κ2) is 9.38. The van der Waals surface area contributed by atoms with Gasteiger partial charge < -0.3 is 21.5 Å². The maximum Gasteiger partial charge on any atom is 0.340 e. The van der Waals surface area contributed by atoms with Crippen LogP contribution in [-0.2, 0) is 4.79 Å². The molecule has 4 rings (SSSR count). The Kier molecular flexibility index (Phi) is 6.33. The number of rotatable bonds is 5. The maximum absolute atomic E-state index is 15.1. The van der Waals surface area contributed by atoms with E-state index in [1.807, 2.05) is 0 Å². The van der Waals surface area contributed by atoms with Crippen LogP contribution in [0.1, 0.15) is 32.7 Å². The topological polar surface area (TPSA) is 122 Å². The van der Waals surface area contributed by atoms with Gasteiger partial charge in [0, 0.05) is 46.7 Å². The van der Waals surface area contributed by atoms with E-state index < -0.39 is 41.1 Å². The molecule has 1 heterocycles. The van der Waals surface area contributed by atoms with Gasteiger partial charge in [0.25, 0.3) is 11.8 Å². The third-order valence-corrected chi connectivity index (χ3v) is 5.62. The van der Waals surface area contributed by atoms with E-state index in [9.17, 15) is 19.5 Å². The molecular formula is C26H21F2N3O4. The summed E-state index contributed by atoms with van der Waals surface area (Å²) >= 11 is 0. The van der Waals surface area contributed by atoms with Crippen LogP contribution in [0.4, 0.5) is 25.8 Å². The molecule has 0 bridgehead atoms. The van der Waals surface area contributed by atoms with E-state index in [0.717, 1.165) is 0 Å². The quantitative estimate of drug-likeness (QED) is 0.139. The number of aliphatic carboxylic acids is 1. The average molecular weight is 477 g/mol. The summed E-state index contributed by atoms with van der Waals surface area (Å²) in [5.41, 5.74) is 5.01. The minimum atomic E-state index is -3.55. The number of para-hydroxylation sites is 2. The summed E-state index contributed by atoms with van der Waals surface area (Å²) in [6, 6.07) is 17.8. The molecule has 0 spiro atoms. The van der Waals surface area contributed by atoms with Crippen molar-refractivity contribution in [1.29, 1.82) is 0 Å². The number of ketones is 1. The molecule has 0 aliphatic carbocycles. The lowest BCUT2D eigenvalue weighted by Gasteiger charge is -2.20. The third kappa shape index (κ3) is 4.74. The van der Waals surface area contributed by atoms with E-state index >= 15 is 8.78 Å². The number of hydrogen-bond acceptors (Lipinski definition) is 5. The van der Waals surface area contributed by atoms with Crippen molar-refractivity contribution in [1.82, 2.24) is 0 Å². The molecular weight excluding hydrogens is 456 g/mol. The lowest BCUT2D eigenvalue weighted by molar-refractivity contribution is -0.132. The molecule has 9 heteroatoms. The summed E-state index contributed by atoms with van der Waals surface area (Å²) < 4.78 is 30.2. The zero-order valence-electron chi connectivity index (χ0n) is 18.3. The number of carboxylic acids is 1. The molecule has 0 fully saturated rings. The monoisotopic (exact) mass is 477 g/mol. The van der Waals surface area contributed by atoms with Crippen molar-refractivity contribution in [2.75, 3.05) is 22.9 Å². The fourth-order valence-corrected chi connectivity index (χ4v) is 3.92. The summed E-state index contributed by atoms with van der Waals surface area (Å²) in [7, 11) is 0. The predicted octanol–water partition coefficient (Wildman–Crippen LogP) is 4.69. The summed E-state index contributed by atoms with van der Waals surface area (Å²) in [5, 5.41) is 15.3. The van der Waals surface area contributed by atoms with Gasteiger partial charge in [-0.15, -0.1) is 0 Å². The highest BCUT2D eigenvalue weighted by Crippen LogP contribution is 2.43. The van der Waals surface area contributed by atoms with E-state index in [1.165, 1.54) is 36.4 Å². The number of anilines is 3. The Bertz CT molecular complexity index is 1350. The van der Waals surface area contributed by atoms with E-state index in [1.54, 1.807) is 36.4 Å². The number of nitrogen functional groups attached to an aromatic ring is 1. The van der Waals surface area contributed by atoms with Crippen LogP contribution in [0.15, 0.2) is 78.4 Å². The molecule has 0 saturated heterocycles. The number of allylic oxidation sites excluding steroid dienone is 1. The van der Waals surface area contributed by atoms with Crippen molar-refractivity contribution >= 4 is 40.3 Å². The molecule has 178 valence electrons. The highest BCUT2D eigenvalue weighted by Gasteiger charge is 2.43. The van der Waals surface area contributed by atoms with Gasteiger partial charge in [0.1, 0.15) is 5.57 Å². The van der Waals surface area contributed by atoms with Crippen LogP contribution in [0.5, 0.6) is 0 Å². The number of carboxylic acid groups (broad SMARTS) is 1. The lowest BCUT2D eigenvalue weighted by Crippen LogP contribution is -2.26. The first-order valence-corrected chi connectivity index (χ1v) is 10.7. The first-order valence-electron chi connectivity index (χ1n) is 10.7. The molecule has 5 N–H and O–H groups in total. The van der Waals surface area contributed by atoms with E-state index in [2.05, 4.69) is 10.6 Å². The fourth-order valence-electron chi connectivity index (χ4n) is 3.92. The van der Waals surface area contributed by atoms with Crippen molar-refractivity contribution in [2.24, 2.45) is 0 Å². The zero-order chi connectivity index (χ0) is 25.2. The summed E-state index contributed by atoms with van der Waals surface area (Å²) in [6.07, 6.45) is -0.672. The first kappa shape index (κ1) is 23.6. The molecule has 0 unspecified atom stereocenters. The van der Waals surface area contributed by atoms with E-state index in [0.29, 0.717) is 11.4 Å². The van der Waals surface area contributed by atoms with Crippen LogP contribution in [0, 0.1) is 0 Å². The molecule has 3 aromatic carbocycles. The van der Waals surface area contributed by atoms with Gasteiger partial charge in [-0.2, -0.15) is 0 Å². The summed E-state index contributed by atoms with van der Waals surface area (Å²) in [6.45, 7) is -0.0884. The Morgan fingerprint density at radius 1 is 0.943 bits per heavy atom. The molecule has 35 heavy (non-hydrogen) atoms. The molecule has 0 radical (unpaired) electrons. The Morgan fingerprint density at radius 2 is 1.60 bits per heavy atom. The van der Waals surface area contributed by atoms with Crippen LogP contribution in [0.2, 0.25) is 0 Å². The molecule has 1 aliphatic heterocycles. The van der Waals surface area contributed by atoms with Gasteiger partial charge >= 0.3 is 5.97 Å². The maximum atomic E-state index is 15.1. The molecule has 0 aromatic heterocycles. The van der Waals surface area contributed by atoms with Gasteiger partial charge in [0.2, 0.25) is 5.78 Å². The predicted molar refractivity (Wildman–Crippen MR) is 129 cm³/mol. The van der Waals surface area contributed by atoms with Gasteiger partial charge in [-0.1, -0.05) is 30.3 Å². The number of halogens is 2. The summed E-state index contributed by atoms with van der Waals surface area (Å²) in [4.78, 5) is 37.8. The average Bonchev–Trinajstić information content (AvgIpc) is 2.95. The summed E-state index contributed by atoms with van der Waals surface area (Å²) in [5.74, 6) is -6.84. The number of alkyl halides is 2. The second-order valence-electron chi connectivity index (χ2n) is 7.93. The van der Waals surface area contributed by atoms with Crippen LogP contribution in [0.25, 0.3) is 5.57 Å². The van der Waals surface area contributed by atoms with Gasteiger partial charge in [-0.25, -0.2) is 13.6 Å². The number of benzene rings is 3. The Labute approximate surface area is 199 Å². The van der Waals surface area contributed by atoms with Gasteiger partial charge in [0.15, 0.2) is 0 Å². The normalized spacial score (nSPS) is 15.7. The number of amides is 1. The van der Waals surface area contributed by atoms with Crippen LogP contribution >= 0.6 is 0 Å². The first-order chi connectivity index (χ1) is 16.7. The number of carbonyl (C=O) groups excluding carboxylic acids is 2. The smallest absolute Gasteiger partial charge is 0.340 e. The van der Waals surface area contributed by atoms with Crippen LogP contribution in [0.3, 0.4) is 0 Å². The second-order valence-corrected chi connectivity index (χ2v) is 7.93. The van der Waals surface area contributed by atoms with Gasteiger partial charge in [-0.3, -0.25) is 9.59 Å². The Balaban J connectivity index is 1.70. The highest BCUT2D eigenvalue weighted by molar-refractivity contribution is 6.29. The minimum absolute atomic E-state index is 0.0370. The molecule has 0 atom stereocenters. The highest BCUT2D eigenvalue weighted by atomic mass is 19.3. The molecule has 1 aliphatic rings. The molecule has 3 aromatic rings. The van der Waals surface area contributed by atoms with Crippen LogP contribution < -0.4 is 16.4 Å². The Hall–Kier alpha value is -4.53. The van der Waals surface area contributed by atoms with Gasteiger partial charge in [-0.05, 0) is 42.5 Å². The molecule has 0 saturated carbocycles. The van der Waals surface area contributed by atoms with Crippen molar-refractivity contribution in [2.45, 2.75) is 12.3 Å². The minimum Gasteiger partial charge on any atom is -0.478 e. The third-order valence-electron chi connectivity index (χ3n) is 5.62. The number of Topliss-reactive ketones (excluding diaryl/α,β-unsaturated/α-hetero) is 1. The Morgan fingerprint density at radius 3 is 2.29 bits per heavy atom. The SMILES string of the molecule is Nc1ccccc1C(=O)Nc1ccc(C(=O)C(C(=O)O)=C2c3ccccc3NCCC2(F)F)cc1. The van der Waals surface area contributed by atoms with Crippen LogP contribution in [-0.4, -0.2) is 35.2 Å². The number of carbonyl (C=O) groups is 3. The van der Waals surface area contributed by atoms with E-state index in [4.69, 9.17) is 5.73 Å². The number of fused-ring (bicyclic) bond motifs is 1. The number of nitrogens with two attached hydrogens (primary N) is 1. The lowest BCUT2D eigenvalue weighted by atomic mass is 9.88. The largest absolute Gasteiger partial charge is 0.478 e. The number of hydrogen-bond donors (Lipinski definition) is 4. The standard InChI is InChI=1S/C26H21F2N3O4/c27-26(28)13-14-30-20-8-4-2-6-18(20)22(26)21(25(34)35)23(32)15-9-11-16(12-10-15)31-24(33)17-5-1-3-7-19(17)29/h1-12,30H,13-14,29H2,(H,31,33)(H,34,35). The van der Waals surface area contributed by atoms with Gasteiger partial charge in [0.05, 0.1) is 5.56 Å².